The van der Waals surface area contributed by atoms with Crippen LogP contribution in [-0.2, 0) is 9.31 Å². The minimum absolute atomic E-state index is 0.331. The van der Waals surface area contributed by atoms with Gasteiger partial charge >= 0.3 is 7.12 Å². The van der Waals surface area contributed by atoms with E-state index in [9.17, 15) is 0 Å². The van der Waals surface area contributed by atoms with Crippen molar-refractivity contribution in [1.82, 2.24) is 9.89 Å². The largest absolute Gasteiger partial charge is 0.494 e. The summed E-state index contributed by atoms with van der Waals surface area (Å²) in [5.74, 6) is 0. The Labute approximate surface area is 148 Å². The summed E-state index contributed by atoms with van der Waals surface area (Å²) in [5, 5.41) is 5.49. The summed E-state index contributed by atoms with van der Waals surface area (Å²) in [5.41, 5.74) is 5.64. The van der Waals surface area contributed by atoms with Crippen molar-refractivity contribution in [1.29, 1.82) is 0 Å². The van der Waals surface area contributed by atoms with E-state index < -0.39 is 0 Å². The van der Waals surface area contributed by atoms with Gasteiger partial charge in [0.2, 0.25) is 0 Å². The van der Waals surface area contributed by atoms with Gasteiger partial charge in [0.15, 0.2) is 0 Å². The molecule has 6 heteroatoms. The van der Waals surface area contributed by atoms with E-state index in [1.54, 1.807) is 4.79 Å². The number of para-hydroxylation sites is 1. The van der Waals surface area contributed by atoms with E-state index in [4.69, 9.17) is 9.31 Å². The fourth-order valence-corrected chi connectivity index (χ4v) is 2.88. The molecule has 1 aromatic heterocycles. The number of aromatic nitrogens is 2. The van der Waals surface area contributed by atoms with Gasteiger partial charge in [0, 0.05) is 5.39 Å². The molecule has 0 atom stereocenters. The maximum atomic E-state index is 6.09. The molecular formula is C19H22BN3O2. The minimum Gasteiger partial charge on any atom is -0.399 e. The minimum atomic E-state index is -0.343. The van der Waals surface area contributed by atoms with E-state index in [0.717, 1.165) is 22.1 Å². The third-order valence-corrected chi connectivity index (χ3v) is 5.15. The summed E-state index contributed by atoms with van der Waals surface area (Å²) in [4.78, 5) is 1.78. The van der Waals surface area contributed by atoms with Crippen LogP contribution >= 0.6 is 0 Å². The molecule has 2 heterocycles. The van der Waals surface area contributed by atoms with Crippen molar-refractivity contribution in [2.45, 2.75) is 38.9 Å². The van der Waals surface area contributed by atoms with Crippen LogP contribution in [0.2, 0.25) is 0 Å². The van der Waals surface area contributed by atoms with Crippen molar-refractivity contribution in [3.8, 4) is 0 Å². The second-order valence-corrected chi connectivity index (χ2v) is 7.44. The van der Waals surface area contributed by atoms with Crippen LogP contribution in [0.25, 0.3) is 10.9 Å². The average Bonchev–Trinajstić information content (AvgIpc) is 3.07. The molecule has 4 rings (SSSR count). The maximum Gasteiger partial charge on any atom is 0.494 e. The molecule has 1 N–H and O–H groups in total. The van der Waals surface area contributed by atoms with Crippen LogP contribution < -0.4 is 10.9 Å². The number of fused-ring (bicyclic) bond motifs is 1. The van der Waals surface area contributed by atoms with Gasteiger partial charge in [-0.25, -0.2) is 0 Å². The predicted molar refractivity (Wildman–Crippen MR) is 101 cm³/mol. The van der Waals surface area contributed by atoms with Gasteiger partial charge in [-0.05, 0) is 51.4 Å². The summed E-state index contributed by atoms with van der Waals surface area (Å²) in [6.45, 7) is 8.25. The SMILES string of the molecule is CC1(C)OB(c2ccc(Nn3ncc4ccccc43)cc2)OC1(C)C. The number of hydrogen-bond acceptors (Lipinski definition) is 4. The average molecular weight is 335 g/mol. The Bertz CT molecular complexity index is 886. The standard InChI is InChI=1S/C19H22BN3O2/c1-18(2)19(3,4)25-20(24-18)15-9-11-16(12-10-15)22-23-17-8-6-5-7-14(17)13-21-23/h5-13,22H,1-4H3. The van der Waals surface area contributed by atoms with E-state index in [1.807, 2.05) is 54.7 Å². The molecule has 1 aliphatic heterocycles. The van der Waals surface area contributed by atoms with E-state index in [0.29, 0.717) is 0 Å². The third-order valence-electron chi connectivity index (χ3n) is 5.15. The molecule has 0 aliphatic carbocycles. The number of rotatable bonds is 3. The van der Waals surface area contributed by atoms with Gasteiger partial charge < -0.3 is 9.31 Å². The zero-order valence-corrected chi connectivity index (χ0v) is 15.0. The Morgan fingerprint density at radius 3 is 2.24 bits per heavy atom. The van der Waals surface area contributed by atoms with Gasteiger partial charge in [-0.3, -0.25) is 5.43 Å². The molecule has 0 bridgehead atoms. The fraction of sp³-hybridized carbons (Fsp3) is 0.316. The van der Waals surface area contributed by atoms with Crippen LogP contribution in [0.5, 0.6) is 0 Å². The monoisotopic (exact) mass is 335 g/mol. The highest BCUT2D eigenvalue weighted by atomic mass is 16.7. The van der Waals surface area contributed by atoms with Crippen molar-refractivity contribution in [3.05, 3.63) is 54.7 Å². The normalized spacial score (nSPS) is 18.6. The van der Waals surface area contributed by atoms with Crippen LogP contribution in [0.1, 0.15) is 27.7 Å². The lowest BCUT2D eigenvalue weighted by Gasteiger charge is -2.32. The molecule has 1 saturated heterocycles. The zero-order chi connectivity index (χ0) is 17.7. The van der Waals surface area contributed by atoms with Crippen LogP contribution in [0, 0.1) is 0 Å². The van der Waals surface area contributed by atoms with E-state index in [2.05, 4.69) is 38.2 Å². The Morgan fingerprint density at radius 1 is 0.920 bits per heavy atom. The van der Waals surface area contributed by atoms with E-state index >= 15 is 0 Å². The quantitative estimate of drug-likeness (QED) is 0.747. The number of nitrogens with one attached hydrogen (secondary N) is 1. The van der Waals surface area contributed by atoms with Crippen LogP contribution in [-0.4, -0.2) is 28.2 Å². The van der Waals surface area contributed by atoms with Crippen molar-refractivity contribution in [2.24, 2.45) is 0 Å². The molecule has 3 aromatic rings. The highest BCUT2D eigenvalue weighted by Gasteiger charge is 2.51. The molecule has 128 valence electrons. The Morgan fingerprint density at radius 2 is 1.56 bits per heavy atom. The number of anilines is 1. The first-order valence-corrected chi connectivity index (χ1v) is 8.51. The molecule has 0 spiro atoms. The predicted octanol–water partition coefficient (Wildman–Crippen LogP) is 3.21. The molecule has 1 aliphatic rings. The number of benzene rings is 2. The summed E-state index contributed by atoms with van der Waals surface area (Å²) in [6, 6.07) is 16.2. The van der Waals surface area contributed by atoms with Gasteiger partial charge in [-0.2, -0.15) is 9.89 Å². The van der Waals surface area contributed by atoms with Crippen molar-refractivity contribution >= 4 is 29.2 Å². The zero-order valence-electron chi connectivity index (χ0n) is 15.0. The Hall–Kier alpha value is -2.31. The van der Waals surface area contributed by atoms with Gasteiger partial charge in [0.1, 0.15) is 0 Å². The highest BCUT2D eigenvalue weighted by Crippen LogP contribution is 2.36. The highest BCUT2D eigenvalue weighted by molar-refractivity contribution is 6.62. The maximum absolute atomic E-state index is 6.09. The van der Waals surface area contributed by atoms with Crippen LogP contribution in [0.3, 0.4) is 0 Å². The molecule has 0 radical (unpaired) electrons. The lowest BCUT2D eigenvalue weighted by molar-refractivity contribution is 0.00578. The fourth-order valence-electron chi connectivity index (χ4n) is 2.88. The smallest absolute Gasteiger partial charge is 0.399 e. The van der Waals surface area contributed by atoms with Gasteiger partial charge in [0.25, 0.3) is 0 Å². The Kier molecular flexibility index (Phi) is 3.63. The van der Waals surface area contributed by atoms with E-state index in [-0.39, 0.29) is 18.3 Å². The summed E-state index contributed by atoms with van der Waals surface area (Å²) in [7, 11) is -0.343. The molecule has 0 unspecified atom stereocenters. The summed E-state index contributed by atoms with van der Waals surface area (Å²) >= 11 is 0. The molecule has 5 nitrogen and oxygen atoms in total. The first kappa shape index (κ1) is 16.2. The van der Waals surface area contributed by atoms with Crippen LogP contribution in [0.15, 0.2) is 54.7 Å². The molecule has 1 fully saturated rings. The summed E-state index contributed by atoms with van der Waals surface area (Å²) in [6.07, 6.45) is 1.85. The second-order valence-electron chi connectivity index (χ2n) is 7.44. The summed E-state index contributed by atoms with van der Waals surface area (Å²) < 4.78 is 12.2. The second kappa shape index (κ2) is 5.61. The topological polar surface area (TPSA) is 48.3 Å². The molecule has 2 aromatic carbocycles. The number of hydrogen-bond donors (Lipinski definition) is 1. The number of nitrogens with zero attached hydrogens (tertiary/aromatic N) is 2. The van der Waals surface area contributed by atoms with Gasteiger partial charge in [0.05, 0.1) is 28.6 Å². The molecule has 0 amide bonds. The Balaban J connectivity index is 1.53. The first-order chi connectivity index (χ1) is 11.9. The van der Waals surface area contributed by atoms with Gasteiger partial charge in [-0.15, -0.1) is 0 Å². The van der Waals surface area contributed by atoms with Crippen molar-refractivity contribution in [3.63, 3.8) is 0 Å². The van der Waals surface area contributed by atoms with Crippen molar-refractivity contribution in [2.75, 3.05) is 5.43 Å². The third kappa shape index (κ3) is 2.81. The molecular weight excluding hydrogens is 313 g/mol. The van der Waals surface area contributed by atoms with Crippen molar-refractivity contribution < 1.29 is 9.31 Å². The first-order valence-electron chi connectivity index (χ1n) is 8.51. The lowest BCUT2D eigenvalue weighted by atomic mass is 9.79. The van der Waals surface area contributed by atoms with Crippen LogP contribution in [0.4, 0.5) is 5.69 Å². The van der Waals surface area contributed by atoms with Gasteiger partial charge in [-0.1, -0.05) is 30.3 Å². The lowest BCUT2D eigenvalue weighted by Crippen LogP contribution is -2.41. The van der Waals surface area contributed by atoms with E-state index in [1.165, 1.54) is 0 Å². The molecule has 0 saturated carbocycles. The molecule has 25 heavy (non-hydrogen) atoms.